The first kappa shape index (κ1) is 12.1. The SMILES string of the molecule is COC(C)c1cnn(-c2cccc(Cl)c2C)c1. The lowest BCUT2D eigenvalue weighted by molar-refractivity contribution is 0.119. The number of ether oxygens (including phenoxy) is 1. The van der Waals surface area contributed by atoms with Crippen molar-refractivity contribution in [2.75, 3.05) is 7.11 Å². The summed E-state index contributed by atoms with van der Waals surface area (Å²) in [6.07, 6.45) is 3.82. The van der Waals surface area contributed by atoms with Gasteiger partial charge in [0.05, 0.1) is 18.0 Å². The monoisotopic (exact) mass is 250 g/mol. The zero-order valence-corrected chi connectivity index (χ0v) is 10.9. The lowest BCUT2D eigenvalue weighted by Gasteiger charge is -2.08. The zero-order chi connectivity index (χ0) is 12.4. The molecule has 0 amide bonds. The van der Waals surface area contributed by atoms with E-state index in [2.05, 4.69) is 5.10 Å². The molecule has 0 fully saturated rings. The molecule has 1 aromatic carbocycles. The topological polar surface area (TPSA) is 27.1 Å². The lowest BCUT2D eigenvalue weighted by atomic mass is 10.2. The van der Waals surface area contributed by atoms with Gasteiger partial charge in [-0.05, 0) is 31.5 Å². The Bertz CT molecular complexity index is 522. The number of hydrogen-bond donors (Lipinski definition) is 0. The highest BCUT2D eigenvalue weighted by atomic mass is 35.5. The van der Waals surface area contributed by atoms with Crippen LogP contribution in [-0.2, 0) is 4.74 Å². The third kappa shape index (κ3) is 2.35. The highest BCUT2D eigenvalue weighted by Crippen LogP contribution is 2.23. The minimum Gasteiger partial charge on any atom is -0.377 e. The summed E-state index contributed by atoms with van der Waals surface area (Å²) in [4.78, 5) is 0. The number of rotatable bonds is 3. The van der Waals surface area contributed by atoms with Crippen LogP contribution in [0.5, 0.6) is 0 Å². The molecule has 0 aliphatic heterocycles. The minimum atomic E-state index is 0.0447. The van der Waals surface area contributed by atoms with Crippen LogP contribution in [0.1, 0.15) is 24.2 Å². The van der Waals surface area contributed by atoms with Crippen LogP contribution in [0.3, 0.4) is 0 Å². The molecule has 0 N–H and O–H groups in total. The molecule has 1 aromatic heterocycles. The highest BCUT2D eigenvalue weighted by Gasteiger charge is 2.09. The number of hydrogen-bond acceptors (Lipinski definition) is 2. The molecule has 4 heteroatoms. The van der Waals surface area contributed by atoms with Crippen molar-refractivity contribution in [3.63, 3.8) is 0 Å². The summed E-state index contributed by atoms with van der Waals surface area (Å²) in [5.41, 5.74) is 3.06. The van der Waals surface area contributed by atoms with Crippen molar-refractivity contribution in [2.45, 2.75) is 20.0 Å². The molecule has 0 bridgehead atoms. The van der Waals surface area contributed by atoms with E-state index in [4.69, 9.17) is 16.3 Å². The van der Waals surface area contributed by atoms with Gasteiger partial charge in [0.25, 0.3) is 0 Å². The first-order valence-corrected chi connectivity index (χ1v) is 5.84. The molecule has 3 nitrogen and oxygen atoms in total. The third-order valence-electron chi connectivity index (χ3n) is 2.91. The van der Waals surface area contributed by atoms with Gasteiger partial charge in [-0.2, -0.15) is 5.10 Å². The van der Waals surface area contributed by atoms with Crippen LogP contribution in [0.25, 0.3) is 5.69 Å². The fourth-order valence-electron chi connectivity index (χ4n) is 1.66. The molecule has 1 heterocycles. The second-order valence-corrected chi connectivity index (χ2v) is 4.39. The number of benzene rings is 1. The standard InChI is InChI=1S/C13H15ClN2O/c1-9-12(14)5-4-6-13(9)16-8-11(7-15-16)10(2)17-3/h4-8,10H,1-3H3. The predicted molar refractivity (Wildman–Crippen MR) is 68.7 cm³/mol. The Morgan fingerprint density at radius 1 is 1.41 bits per heavy atom. The van der Waals surface area contributed by atoms with Crippen molar-refractivity contribution in [1.82, 2.24) is 9.78 Å². The molecule has 90 valence electrons. The Labute approximate surface area is 106 Å². The summed E-state index contributed by atoms with van der Waals surface area (Å²) < 4.78 is 7.09. The van der Waals surface area contributed by atoms with Crippen molar-refractivity contribution in [1.29, 1.82) is 0 Å². The smallest absolute Gasteiger partial charge is 0.0823 e. The Balaban J connectivity index is 2.40. The van der Waals surface area contributed by atoms with E-state index in [1.54, 1.807) is 7.11 Å². The van der Waals surface area contributed by atoms with Crippen molar-refractivity contribution in [3.8, 4) is 5.69 Å². The normalized spacial score (nSPS) is 12.7. The van der Waals surface area contributed by atoms with E-state index >= 15 is 0 Å². The largest absolute Gasteiger partial charge is 0.377 e. The molecular formula is C13H15ClN2O. The Morgan fingerprint density at radius 3 is 2.88 bits per heavy atom. The molecule has 0 radical (unpaired) electrons. The van der Waals surface area contributed by atoms with Gasteiger partial charge in [0, 0.05) is 23.9 Å². The van der Waals surface area contributed by atoms with Crippen LogP contribution in [0.15, 0.2) is 30.6 Å². The van der Waals surface area contributed by atoms with Gasteiger partial charge < -0.3 is 4.74 Å². The van der Waals surface area contributed by atoms with Crippen LogP contribution >= 0.6 is 11.6 Å². The maximum absolute atomic E-state index is 6.09. The number of aromatic nitrogens is 2. The zero-order valence-electron chi connectivity index (χ0n) is 10.1. The maximum Gasteiger partial charge on any atom is 0.0823 e. The van der Waals surface area contributed by atoms with Crippen molar-refractivity contribution >= 4 is 11.6 Å². The van der Waals surface area contributed by atoms with E-state index in [1.807, 2.05) is 49.1 Å². The van der Waals surface area contributed by atoms with E-state index < -0.39 is 0 Å². The van der Waals surface area contributed by atoms with E-state index in [-0.39, 0.29) is 6.10 Å². The second kappa shape index (κ2) is 4.90. The van der Waals surface area contributed by atoms with Gasteiger partial charge in [0.1, 0.15) is 0 Å². The molecule has 2 rings (SSSR count). The third-order valence-corrected chi connectivity index (χ3v) is 3.32. The van der Waals surface area contributed by atoms with Gasteiger partial charge in [-0.15, -0.1) is 0 Å². The van der Waals surface area contributed by atoms with Gasteiger partial charge in [0.15, 0.2) is 0 Å². The summed E-state index contributed by atoms with van der Waals surface area (Å²) in [5.74, 6) is 0. The predicted octanol–water partition coefficient (Wildman–Crippen LogP) is 3.54. The molecule has 0 saturated heterocycles. The molecule has 1 atom stereocenters. The summed E-state index contributed by atoms with van der Waals surface area (Å²) in [6.45, 7) is 3.98. The second-order valence-electron chi connectivity index (χ2n) is 3.98. The molecule has 17 heavy (non-hydrogen) atoms. The van der Waals surface area contributed by atoms with E-state index in [0.29, 0.717) is 0 Å². The first-order valence-electron chi connectivity index (χ1n) is 5.46. The van der Waals surface area contributed by atoms with Crippen molar-refractivity contribution in [2.24, 2.45) is 0 Å². The first-order chi connectivity index (χ1) is 8.13. The van der Waals surface area contributed by atoms with Gasteiger partial charge in [-0.3, -0.25) is 0 Å². The summed E-state index contributed by atoms with van der Waals surface area (Å²) in [7, 11) is 1.69. The van der Waals surface area contributed by atoms with E-state index in [0.717, 1.165) is 21.8 Å². The molecule has 0 saturated carbocycles. The lowest BCUT2D eigenvalue weighted by Crippen LogP contribution is -1.98. The van der Waals surface area contributed by atoms with Crippen molar-refractivity contribution < 1.29 is 4.74 Å². The van der Waals surface area contributed by atoms with Crippen LogP contribution < -0.4 is 0 Å². The molecule has 0 aliphatic rings. The Morgan fingerprint density at radius 2 is 2.18 bits per heavy atom. The molecule has 0 aliphatic carbocycles. The number of methoxy groups -OCH3 is 1. The molecule has 2 aromatic rings. The van der Waals surface area contributed by atoms with Gasteiger partial charge in [-0.1, -0.05) is 17.7 Å². The fraction of sp³-hybridized carbons (Fsp3) is 0.308. The molecule has 1 unspecified atom stereocenters. The fourth-order valence-corrected chi connectivity index (χ4v) is 1.83. The summed E-state index contributed by atoms with van der Waals surface area (Å²) in [5, 5.41) is 5.08. The van der Waals surface area contributed by atoms with E-state index in [1.165, 1.54) is 0 Å². The summed E-state index contributed by atoms with van der Waals surface area (Å²) in [6, 6.07) is 5.80. The molecular weight excluding hydrogens is 236 g/mol. The van der Waals surface area contributed by atoms with Crippen LogP contribution in [0.2, 0.25) is 5.02 Å². The highest BCUT2D eigenvalue weighted by molar-refractivity contribution is 6.31. The average Bonchev–Trinajstić information content (AvgIpc) is 2.81. The van der Waals surface area contributed by atoms with Crippen LogP contribution in [0, 0.1) is 6.92 Å². The van der Waals surface area contributed by atoms with Crippen LogP contribution in [0.4, 0.5) is 0 Å². The summed E-state index contributed by atoms with van der Waals surface area (Å²) >= 11 is 6.09. The Hall–Kier alpha value is -1.32. The maximum atomic E-state index is 6.09. The quantitative estimate of drug-likeness (QED) is 0.833. The van der Waals surface area contributed by atoms with Gasteiger partial charge in [0.2, 0.25) is 0 Å². The number of nitrogens with zero attached hydrogens (tertiary/aromatic N) is 2. The number of halogens is 1. The van der Waals surface area contributed by atoms with Gasteiger partial charge >= 0.3 is 0 Å². The minimum absolute atomic E-state index is 0.0447. The van der Waals surface area contributed by atoms with E-state index in [9.17, 15) is 0 Å². The van der Waals surface area contributed by atoms with Gasteiger partial charge in [-0.25, -0.2) is 4.68 Å². The Kier molecular flexibility index (Phi) is 3.50. The molecule has 0 spiro atoms. The average molecular weight is 251 g/mol. The van der Waals surface area contributed by atoms with Crippen LogP contribution in [-0.4, -0.2) is 16.9 Å². The van der Waals surface area contributed by atoms with Crippen molar-refractivity contribution in [3.05, 3.63) is 46.7 Å².